The highest BCUT2D eigenvalue weighted by Crippen LogP contribution is 2.27. The summed E-state index contributed by atoms with van der Waals surface area (Å²) in [7, 11) is -3.58. The van der Waals surface area contributed by atoms with Crippen molar-refractivity contribution in [3.63, 3.8) is 0 Å². The van der Waals surface area contributed by atoms with Crippen molar-refractivity contribution >= 4 is 26.7 Å². The Hall–Kier alpha value is -1.92. The van der Waals surface area contributed by atoms with Crippen molar-refractivity contribution in [1.82, 2.24) is 9.21 Å². The van der Waals surface area contributed by atoms with Crippen LogP contribution in [-0.4, -0.2) is 49.7 Å². The second-order valence-electron chi connectivity index (χ2n) is 7.24. The number of hydrogen-bond acceptors (Lipinski definition) is 3. The predicted molar refractivity (Wildman–Crippen MR) is 101 cm³/mol. The van der Waals surface area contributed by atoms with Gasteiger partial charge in [0.1, 0.15) is 0 Å². The second kappa shape index (κ2) is 7.00. The summed E-state index contributed by atoms with van der Waals surface area (Å²) in [6.45, 7) is 2.41. The first-order valence-corrected chi connectivity index (χ1v) is 10.8. The van der Waals surface area contributed by atoms with Gasteiger partial charge in [-0.1, -0.05) is 30.3 Å². The SMILES string of the molecule is O=C([C@H]1CCCN(S(=O)(=O)c2ccc3ccccc3c2)C1)N1CCCC1. The van der Waals surface area contributed by atoms with Gasteiger partial charge in [0, 0.05) is 26.2 Å². The fourth-order valence-corrected chi connectivity index (χ4v) is 5.59. The van der Waals surface area contributed by atoms with E-state index in [9.17, 15) is 13.2 Å². The quantitative estimate of drug-likeness (QED) is 0.832. The van der Waals surface area contributed by atoms with E-state index >= 15 is 0 Å². The number of likely N-dealkylation sites (tertiary alicyclic amines) is 1. The summed E-state index contributed by atoms with van der Waals surface area (Å²) in [4.78, 5) is 14.9. The lowest BCUT2D eigenvalue weighted by atomic mass is 9.98. The van der Waals surface area contributed by atoms with Crippen molar-refractivity contribution in [3.8, 4) is 0 Å². The number of carbonyl (C=O) groups excluding carboxylic acids is 1. The minimum Gasteiger partial charge on any atom is -0.342 e. The van der Waals surface area contributed by atoms with E-state index in [0.717, 1.165) is 49.5 Å². The molecule has 5 nitrogen and oxygen atoms in total. The molecule has 2 saturated heterocycles. The monoisotopic (exact) mass is 372 g/mol. The molecular weight excluding hydrogens is 348 g/mol. The highest BCUT2D eigenvalue weighted by molar-refractivity contribution is 7.89. The van der Waals surface area contributed by atoms with E-state index in [1.165, 1.54) is 4.31 Å². The average molecular weight is 372 g/mol. The van der Waals surface area contributed by atoms with Crippen molar-refractivity contribution in [2.24, 2.45) is 5.92 Å². The zero-order valence-corrected chi connectivity index (χ0v) is 15.6. The van der Waals surface area contributed by atoms with Crippen LogP contribution in [0.5, 0.6) is 0 Å². The lowest BCUT2D eigenvalue weighted by Gasteiger charge is -2.33. The molecule has 2 aromatic rings. The van der Waals surface area contributed by atoms with E-state index in [2.05, 4.69) is 0 Å². The Morgan fingerprint density at radius 1 is 0.923 bits per heavy atom. The van der Waals surface area contributed by atoms with Gasteiger partial charge in [-0.2, -0.15) is 4.31 Å². The third kappa shape index (κ3) is 3.23. The molecule has 2 fully saturated rings. The van der Waals surface area contributed by atoms with Crippen LogP contribution in [0, 0.1) is 5.92 Å². The van der Waals surface area contributed by atoms with Gasteiger partial charge in [-0.15, -0.1) is 0 Å². The summed E-state index contributed by atoms with van der Waals surface area (Å²) in [5, 5.41) is 1.93. The van der Waals surface area contributed by atoms with Gasteiger partial charge >= 0.3 is 0 Å². The Morgan fingerprint density at radius 3 is 2.42 bits per heavy atom. The predicted octanol–water partition coefficient (Wildman–Crippen LogP) is 2.86. The lowest BCUT2D eigenvalue weighted by Crippen LogP contribution is -2.46. The largest absolute Gasteiger partial charge is 0.342 e. The molecule has 138 valence electrons. The van der Waals surface area contributed by atoms with Crippen LogP contribution >= 0.6 is 0 Å². The Balaban J connectivity index is 1.57. The molecule has 1 amide bonds. The van der Waals surface area contributed by atoms with E-state index in [4.69, 9.17) is 0 Å². The van der Waals surface area contributed by atoms with E-state index < -0.39 is 10.0 Å². The summed E-state index contributed by atoms with van der Waals surface area (Å²) in [6.07, 6.45) is 3.62. The number of piperidine rings is 1. The number of sulfonamides is 1. The molecule has 6 heteroatoms. The Labute approximate surface area is 154 Å². The maximum Gasteiger partial charge on any atom is 0.243 e. The van der Waals surface area contributed by atoms with Crippen LogP contribution in [-0.2, 0) is 14.8 Å². The standard InChI is InChI=1S/C20H24N2O3S/c23-20(21-11-3-4-12-21)18-8-5-13-22(15-18)26(24,25)19-10-9-16-6-1-2-7-17(16)14-19/h1-2,6-7,9-10,14,18H,3-5,8,11-13,15H2/t18-/m0/s1. The molecule has 2 aliphatic rings. The van der Waals surface area contributed by atoms with E-state index in [-0.39, 0.29) is 11.8 Å². The molecule has 0 N–H and O–H groups in total. The molecular formula is C20H24N2O3S. The molecule has 1 atom stereocenters. The molecule has 4 rings (SSSR count). The first-order chi connectivity index (χ1) is 12.6. The van der Waals surface area contributed by atoms with E-state index in [1.54, 1.807) is 12.1 Å². The van der Waals surface area contributed by atoms with E-state index in [1.807, 2.05) is 35.2 Å². The second-order valence-corrected chi connectivity index (χ2v) is 9.18. The smallest absolute Gasteiger partial charge is 0.243 e. The Morgan fingerprint density at radius 2 is 1.65 bits per heavy atom. The fourth-order valence-electron chi connectivity index (χ4n) is 4.03. The van der Waals surface area contributed by atoms with Gasteiger partial charge in [-0.25, -0.2) is 8.42 Å². The molecule has 2 aliphatic heterocycles. The number of fused-ring (bicyclic) bond motifs is 1. The summed E-state index contributed by atoms with van der Waals surface area (Å²) in [6, 6.07) is 13.0. The van der Waals surface area contributed by atoms with Crippen LogP contribution in [0.25, 0.3) is 10.8 Å². The summed E-state index contributed by atoms with van der Waals surface area (Å²) in [5.74, 6) is -0.0852. The van der Waals surface area contributed by atoms with Crippen LogP contribution < -0.4 is 0 Å². The molecule has 0 aromatic heterocycles. The molecule has 0 saturated carbocycles. The van der Waals surface area contributed by atoms with Crippen LogP contribution in [0.15, 0.2) is 47.4 Å². The zero-order valence-electron chi connectivity index (χ0n) is 14.8. The van der Waals surface area contributed by atoms with Crippen molar-refractivity contribution in [2.75, 3.05) is 26.2 Å². The fraction of sp³-hybridized carbons (Fsp3) is 0.450. The summed E-state index contributed by atoms with van der Waals surface area (Å²) >= 11 is 0. The van der Waals surface area contributed by atoms with Crippen LogP contribution in [0.3, 0.4) is 0 Å². The average Bonchev–Trinajstić information content (AvgIpc) is 3.22. The maximum absolute atomic E-state index is 13.1. The van der Waals surface area contributed by atoms with Crippen molar-refractivity contribution < 1.29 is 13.2 Å². The first kappa shape index (κ1) is 17.5. The molecule has 2 heterocycles. The van der Waals surface area contributed by atoms with Crippen LogP contribution in [0.1, 0.15) is 25.7 Å². The molecule has 2 aromatic carbocycles. The minimum atomic E-state index is -3.58. The number of nitrogens with zero attached hydrogens (tertiary/aromatic N) is 2. The normalized spacial score (nSPS) is 22.0. The number of amides is 1. The maximum atomic E-state index is 13.1. The molecule has 26 heavy (non-hydrogen) atoms. The van der Waals surface area contributed by atoms with Gasteiger partial charge < -0.3 is 4.90 Å². The highest BCUT2D eigenvalue weighted by Gasteiger charge is 2.35. The van der Waals surface area contributed by atoms with Gasteiger partial charge in [-0.05, 0) is 48.6 Å². The summed E-state index contributed by atoms with van der Waals surface area (Å²) < 4.78 is 27.7. The molecule has 0 radical (unpaired) electrons. The Kier molecular flexibility index (Phi) is 4.71. The molecule has 0 bridgehead atoms. The topological polar surface area (TPSA) is 57.7 Å². The van der Waals surface area contributed by atoms with Crippen molar-refractivity contribution in [2.45, 2.75) is 30.6 Å². The van der Waals surface area contributed by atoms with Gasteiger partial charge in [0.25, 0.3) is 0 Å². The van der Waals surface area contributed by atoms with E-state index in [0.29, 0.717) is 18.0 Å². The van der Waals surface area contributed by atoms with Gasteiger partial charge in [0.05, 0.1) is 10.8 Å². The number of rotatable bonds is 3. The van der Waals surface area contributed by atoms with Crippen molar-refractivity contribution in [3.05, 3.63) is 42.5 Å². The highest BCUT2D eigenvalue weighted by atomic mass is 32.2. The van der Waals surface area contributed by atoms with Crippen LogP contribution in [0.4, 0.5) is 0 Å². The minimum absolute atomic E-state index is 0.126. The molecule has 0 spiro atoms. The first-order valence-electron chi connectivity index (χ1n) is 9.33. The molecule has 0 aliphatic carbocycles. The van der Waals surface area contributed by atoms with Crippen molar-refractivity contribution in [1.29, 1.82) is 0 Å². The van der Waals surface area contributed by atoms with Gasteiger partial charge in [0.15, 0.2) is 0 Å². The third-order valence-electron chi connectivity index (χ3n) is 5.51. The number of carbonyl (C=O) groups is 1. The molecule has 0 unspecified atom stereocenters. The zero-order chi connectivity index (χ0) is 18.1. The van der Waals surface area contributed by atoms with Gasteiger partial charge in [-0.3, -0.25) is 4.79 Å². The summed E-state index contributed by atoms with van der Waals surface area (Å²) in [5.41, 5.74) is 0. The lowest BCUT2D eigenvalue weighted by molar-refractivity contribution is -0.135. The number of hydrogen-bond donors (Lipinski definition) is 0. The van der Waals surface area contributed by atoms with Crippen LogP contribution in [0.2, 0.25) is 0 Å². The number of benzene rings is 2. The third-order valence-corrected chi connectivity index (χ3v) is 7.37. The van der Waals surface area contributed by atoms with Gasteiger partial charge in [0.2, 0.25) is 15.9 Å². The Bertz CT molecular complexity index is 920.